The molecule has 0 aromatic carbocycles. The Labute approximate surface area is 135 Å². The number of Topliss-reactive ketones (excluding diaryl/α,β-unsaturated/α-hetero) is 1. The lowest BCUT2D eigenvalue weighted by molar-refractivity contribution is -0.153. The predicted molar refractivity (Wildman–Crippen MR) is 85.4 cm³/mol. The van der Waals surface area contributed by atoms with Gasteiger partial charge >= 0.3 is 5.97 Å². The largest absolute Gasteiger partial charge is 0.460 e. The molecule has 0 aliphatic heterocycles. The second-order valence-electron chi connectivity index (χ2n) is 6.44. The van der Waals surface area contributed by atoms with Gasteiger partial charge in [0, 0.05) is 19.2 Å². The summed E-state index contributed by atoms with van der Waals surface area (Å²) in [6.07, 6.45) is 4.08. The molecule has 23 heavy (non-hydrogen) atoms. The summed E-state index contributed by atoms with van der Waals surface area (Å²) in [5.74, 6) is -0.377. The Hall–Kier alpha value is -2.21. The number of carbonyl (C=O) groups excluding carboxylic acids is 2. The molecule has 2 heterocycles. The van der Waals surface area contributed by atoms with E-state index in [1.54, 1.807) is 22.8 Å². The van der Waals surface area contributed by atoms with Crippen molar-refractivity contribution in [1.82, 2.24) is 9.61 Å². The first-order valence-corrected chi connectivity index (χ1v) is 7.62. The predicted octanol–water partition coefficient (Wildman–Crippen LogP) is 2.17. The van der Waals surface area contributed by atoms with Crippen LogP contribution in [0.2, 0.25) is 0 Å². The monoisotopic (exact) mass is 318 g/mol. The first kappa shape index (κ1) is 17.1. The summed E-state index contributed by atoms with van der Waals surface area (Å²) in [5, 5.41) is 13.0. The number of hydrogen-bond donors (Lipinski definition) is 1. The highest BCUT2D eigenvalue weighted by molar-refractivity contribution is 6.02. The summed E-state index contributed by atoms with van der Waals surface area (Å²) in [6, 6.07) is 3.56. The normalized spacial score (nSPS) is 11.7. The number of pyridine rings is 1. The van der Waals surface area contributed by atoms with Crippen LogP contribution in [0.4, 0.5) is 0 Å². The Morgan fingerprint density at radius 3 is 2.74 bits per heavy atom. The lowest BCUT2D eigenvalue weighted by atomic mass is 10.1. The van der Waals surface area contributed by atoms with Crippen molar-refractivity contribution >= 4 is 17.3 Å². The van der Waals surface area contributed by atoms with E-state index >= 15 is 0 Å². The molecule has 0 amide bonds. The number of hydrogen-bond acceptors (Lipinski definition) is 5. The number of aliphatic hydroxyl groups excluding tert-OH is 1. The second kappa shape index (κ2) is 6.91. The molecule has 0 atom stereocenters. The summed E-state index contributed by atoms with van der Waals surface area (Å²) in [4.78, 5) is 24.1. The number of esters is 1. The van der Waals surface area contributed by atoms with Crippen molar-refractivity contribution in [2.24, 2.45) is 0 Å². The van der Waals surface area contributed by atoms with Gasteiger partial charge in [0.1, 0.15) is 5.60 Å². The highest BCUT2D eigenvalue weighted by Crippen LogP contribution is 2.17. The maximum absolute atomic E-state index is 12.1. The fraction of sp³-hybridized carbons (Fsp3) is 0.471. The molecule has 124 valence electrons. The van der Waals surface area contributed by atoms with Crippen LogP contribution in [0.3, 0.4) is 0 Å². The van der Waals surface area contributed by atoms with Crippen molar-refractivity contribution < 1.29 is 19.4 Å². The van der Waals surface area contributed by atoms with Crippen molar-refractivity contribution in [3.8, 4) is 0 Å². The summed E-state index contributed by atoms with van der Waals surface area (Å²) in [6.45, 7) is 5.45. The van der Waals surface area contributed by atoms with Gasteiger partial charge in [-0.25, -0.2) is 4.52 Å². The molecule has 0 saturated carbocycles. The molecule has 2 aromatic rings. The molecule has 1 N–H and O–H groups in total. The SMILES string of the molecule is CC(C)(C)OC(=O)Cc1ccn2ncc(C(=O)CCCO)c2c1. The number of fused-ring (bicyclic) bond motifs is 1. The Morgan fingerprint density at radius 2 is 2.09 bits per heavy atom. The zero-order valence-electron chi connectivity index (χ0n) is 13.7. The fourth-order valence-electron chi connectivity index (χ4n) is 2.27. The topological polar surface area (TPSA) is 80.9 Å². The van der Waals surface area contributed by atoms with Gasteiger partial charge in [0.15, 0.2) is 5.78 Å². The molecule has 0 fully saturated rings. The third-order valence-corrected chi connectivity index (χ3v) is 3.22. The quantitative estimate of drug-likeness (QED) is 0.652. The molecular formula is C17H22N2O4. The molecule has 0 aliphatic rings. The Balaban J connectivity index is 2.20. The van der Waals surface area contributed by atoms with Crippen molar-refractivity contribution in [3.63, 3.8) is 0 Å². The van der Waals surface area contributed by atoms with Gasteiger partial charge in [0.05, 0.1) is 23.7 Å². The Kier molecular flexibility index (Phi) is 5.15. The smallest absolute Gasteiger partial charge is 0.310 e. The number of rotatable bonds is 6. The molecule has 2 rings (SSSR count). The molecule has 6 heteroatoms. The Bertz CT molecular complexity index is 713. The number of aliphatic hydroxyl groups is 1. The van der Waals surface area contributed by atoms with Gasteiger partial charge in [0.25, 0.3) is 0 Å². The average Bonchev–Trinajstić information content (AvgIpc) is 2.85. The molecule has 0 aliphatic carbocycles. The number of carbonyl (C=O) groups is 2. The molecule has 6 nitrogen and oxygen atoms in total. The van der Waals surface area contributed by atoms with Crippen LogP contribution in [0.15, 0.2) is 24.5 Å². The summed E-state index contributed by atoms with van der Waals surface area (Å²) < 4.78 is 6.91. The minimum absolute atomic E-state index is 0.0190. The van der Waals surface area contributed by atoms with E-state index in [1.165, 1.54) is 6.20 Å². The fourth-order valence-corrected chi connectivity index (χ4v) is 2.27. The van der Waals surface area contributed by atoms with Crippen LogP contribution in [-0.2, 0) is 16.0 Å². The van der Waals surface area contributed by atoms with Crippen molar-refractivity contribution in [2.75, 3.05) is 6.61 Å². The van der Waals surface area contributed by atoms with Crippen LogP contribution in [0.5, 0.6) is 0 Å². The average molecular weight is 318 g/mol. The number of aromatic nitrogens is 2. The van der Waals surface area contributed by atoms with E-state index in [2.05, 4.69) is 5.10 Å². The van der Waals surface area contributed by atoms with Crippen molar-refractivity contribution in [1.29, 1.82) is 0 Å². The lowest BCUT2D eigenvalue weighted by Gasteiger charge is -2.19. The molecule has 0 spiro atoms. The van der Waals surface area contributed by atoms with E-state index in [4.69, 9.17) is 9.84 Å². The lowest BCUT2D eigenvalue weighted by Crippen LogP contribution is -2.24. The Morgan fingerprint density at radius 1 is 1.35 bits per heavy atom. The van der Waals surface area contributed by atoms with Gasteiger partial charge in [-0.2, -0.15) is 5.10 Å². The molecule has 0 bridgehead atoms. The number of ketones is 1. The van der Waals surface area contributed by atoms with Crippen molar-refractivity contribution in [3.05, 3.63) is 35.7 Å². The van der Waals surface area contributed by atoms with Gasteiger partial charge in [0.2, 0.25) is 0 Å². The number of nitrogens with zero attached hydrogens (tertiary/aromatic N) is 2. The minimum atomic E-state index is -0.525. The first-order chi connectivity index (χ1) is 10.8. The maximum atomic E-state index is 12.1. The van der Waals surface area contributed by atoms with Crippen LogP contribution < -0.4 is 0 Å². The zero-order valence-corrected chi connectivity index (χ0v) is 13.7. The molecule has 2 aromatic heterocycles. The van der Waals surface area contributed by atoms with E-state index in [9.17, 15) is 9.59 Å². The third-order valence-electron chi connectivity index (χ3n) is 3.22. The summed E-state index contributed by atoms with van der Waals surface area (Å²) in [7, 11) is 0. The van der Waals surface area contributed by atoms with Crippen LogP contribution in [-0.4, -0.2) is 38.7 Å². The highest BCUT2D eigenvalue weighted by atomic mass is 16.6. The van der Waals surface area contributed by atoms with Crippen LogP contribution in [0.1, 0.15) is 49.5 Å². The van der Waals surface area contributed by atoms with Crippen LogP contribution in [0.25, 0.3) is 5.52 Å². The summed E-state index contributed by atoms with van der Waals surface area (Å²) in [5.41, 5.74) is 1.41. The molecular weight excluding hydrogens is 296 g/mol. The second-order valence-corrected chi connectivity index (χ2v) is 6.44. The van der Waals surface area contributed by atoms with Gasteiger partial charge < -0.3 is 9.84 Å². The standard InChI is InChI=1S/C17H22N2O4/c1-17(2,3)23-16(22)10-12-6-7-19-14(9-12)13(11-18-19)15(21)5-4-8-20/h6-7,9,11,20H,4-5,8,10H2,1-3H3. The van der Waals surface area contributed by atoms with Crippen LogP contribution >= 0.6 is 0 Å². The molecule has 0 unspecified atom stereocenters. The molecule has 0 radical (unpaired) electrons. The van der Waals surface area contributed by atoms with Gasteiger partial charge in [-0.3, -0.25) is 9.59 Å². The van der Waals surface area contributed by atoms with Crippen LogP contribution in [0, 0.1) is 0 Å². The first-order valence-electron chi connectivity index (χ1n) is 7.62. The number of ether oxygens (including phenoxy) is 1. The van der Waals surface area contributed by atoms with Gasteiger partial charge in [-0.15, -0.1) is 0 Å². The van der Waals surface area contributed by atoms with E-state index in [-0.39, 0.29) is 31.2 Å². The van der Waals surface area contributed by atoms with E-state index in [1.807, 2.05) is 20.8 Å². The molecule has 0 saturated heterocycles. The maximum Gasteiger partial charge on any atom is 0.310 e. The van der Waals surface area contributed by atoms with Gasteiger partial charge in [-0.05, 0) is 44.9 Å². The van der Waals surface area contributed by atoms with E-state index < -0.39 is 5.60 Å². The van der Waals surface area contributed by atoms with Crippen molar-refractivity contribution in [2.45, 2.75) is 45.6 Å². The van der Waals surface area contributed by atoms with Gasteiger partial charge in [-0.1, -0.05) is 0 Å². The van der Waals surface area contributed by atoms with E-state index in [0.29, 0.717) is 17.5 Å². The minimum Gasteiger partial charge on any atom is -0.460 e. The zero-order chi connectivity index (χ0) is 17.0. The third kappa shape index (κ3) is 4.63. The highest BCUT2D eigenvalue weighted by Gasteiger charge is 2.18. The summed E-state index contributed by atoms with van der Waals surface area (Å²) >= 11 is 0. The van der Waals surface area contributed by atoms with E-state index in [0.717, 1.165) is 5.56 Å².